The van der Waals surface area contributed by atoms with Crippen molar-refractivity contribution in [1.82, 2.24) is 9.55 Å². The molecular formula is C15H10ClFN2O2. The van der Waals surface area contributed by atoms with Gasteiger partial charge < -0.3 is 9.47 Å². The molecule has 0 aliphatic carbocycles. The predicted molar refractivity (Wildman–Crippen MR) is 76.7 cm³/mol. The first-order chi connectivity index (χ1) is 10.3. The zero-order valence-corrected chi connectivity index (χ0v) is 11.6. The molecule has 6 heteroatoms. The first-order valence-corrected chi connectivity index (χ1v) is 6.93. The first kappa shape index (κ1) is 12.5. The highest BCUT2D eigenvalue weighted by atomic mass is 35.5. The number of hydrogen-bond donors (Lipinski definition) is 0. The van der Waals surface area contributed by atoms with Gasteiger partial charge >= 0.3 is 0 Å². The van der Waals surface area contributed by atoms with Crippen LogP contribution >= 0.6 is 11.6 Å². The van der Waals surface area contributed by atoms with E-state index in [0.717, 1.165) is 5.69 Å². The number of nitrogens with zero attached hydrogens (tertiary/aromatic N) is 2. The van der Waals surface area contributed by atoms with Crippen molar-refractivity contribution in [2.24, 2.45) is 0 Å². The minimum atomic E-state index is -0.363. The lowest BCUT2D eigenvalue weighted by molar-refractivity contribution is 0.174. The Morgan fingerprint density at radius 2 is 2.05 bits per heavy atom. The maximum atomic E-state index is 13.9. The largest absolute Gasteiger partial charge is 0.454 e. The Balaban J connectivity index is 1.99. The Morgan fingerprint density at radius 3 is 2.90 bits per heavy atom. The zero-order chi connectivity index (χ0) is 14.4. The van der Waals surface area contributed by atoms with E-state index in [1.54, 1.807) is 6.07 Å². The van der Waals surface area contributed by atoms with E-state index >= 15 is 0 Å². The summed E-state index contributed by atoms with van der Waals surface area (Å²) in [6, 6.07) is 10.4. The normalized spacial score (nSPS) is 13.0. The van der Waals surface area contributed by atoms with Crippen molar-refractivity contribution in [2.75, 3.05) is 6.79 Å². The molecule has 2 aromatic carbocycles. The number of ether oxygens (including phenoxy) is 2. The Kier molecular flexibility index (Phi) is 2.75. The topological polar surface area (TPSA) is 36.3 Å². The molecule has 4 nitrogen and oxygen atoms in total. The summed E-state index contributed by atoms with van der Waals surface area (Å²) in [6.07, 6.45) is 0. The van der Waals surface area contributed by atoms with Crippen LogP contribution in [-0.4, -0.2) is 16.3 Å². The van der Waals surface area contributed by atoms with Crippen molar-refractivity contribution >= 4 is 22.6 Å². The highest BCUT2D eigenvalue weighted by molar-refractivity contribution is 6.17. The molecule has 0 N–H and O–H groups in total. The van der Waals surface area contributed by atoms with Crippen LogP contribution in [0.1, 0.15) is 5.82 Å². The number of fused-ring (bicyclic) bond motifs is 2. The zero-order valence-electron chi connectivity index (χ0n) is 10.8. The van der Waals surface area contributed by atoms with E-state index in [2.05, 4.69) is 4.98 Å². The quantitative estimate of drug-likeness (QED) is 0.678. The second-order valence-corrected chi connectivity index (χ2v) is 4.91. The first-order valence-electron chi connectivity index (χ1n) is 6.40. The summed E-state index contributed by atoms with van der Waals surface area (Å²) < 4.78 is 26.4. The Labute approximate surface area is 124 Å². The lowest BCUT2D eigenvalue weighted by Gasteiger charge is -2.08. The van der Waals surface area contributed by atoms with Gasteiger partial charge in [-0.2, -0.15) is 0 Å². The van der Waals surface area contributed by atoms with E-state index in [0.29, 0.717) is 28.4 Å². The number of rotatable bonds is 2. The molecule has 1 aromatic heterocycles. The van der Waals surface area contributed by atoms with Crippen molar-refractivity contribution in [2.45, 2.75) is 5.88 Å². The van der Waals surface area contributed by atoms with Crippen LogP contribution in [0.3, 0.4) is 0 Å². The summed E-state index contributed by atoms with van der Waals surface area (Å²) in [6.45, 7) is 0.209. The van der Waals surface area contributed by atoms with E-state index in [9.17, 15) is 4.39 Å². The van der Waals surface area contributed by atoms with Crippen molar-refractivity contribution < 1.29 is 13.9 Å². The van der Waals surface area contributed by atoms with E-state index in [-0.39, 0.29) is 18.5 Å². The summed E-state index contributed by atoms with van der Waals surface area (Å²) in [5, 5.41) is 0. The number of aromatic nitrogens is 2. The molecule has 0 fully saturated rings. The predicted octanol–water partition coefficient (Wildman–Crippen LogP) is 3.63. The monoisotopic (exact) mass is 304 g/mol. The standard InChI is InChI=1S/C15H10ClFN2O2/c16-7-14-18-15-10(17)2-1-3-11(15)19(14)9-4-5-12-13(6-9)21-8-20-12/h1-6H,7-8H2. The van der Waals surface area contributed by atoms with Gasteiger partial charge in [0.25, 0.3) is 0 Å². The number of hydrogen-bond acceptors (Lipinski definition) is 3. The van der Waals surface area contributed by atoms with E-state index in [1.807, 2.05) is 28.8 Å². The van der Waals surface area contributed by atoms with Crippen LogP contribution in [0.2, 0.25) is 0 Å². The van der Waals surface area contributed by atoms with Gasteiger partial charge in [0, 0.05) is 6.07 Å². The van der Waals surface area contributed by atoms with Gasteiger partial charge in [-0.3, -0.25) is 4.57 Å². The van der Waals surface area contributed by atoms with Crippen LogP contribution in [-0.2, 0) is 5.88 Å². The minimum absolute atomic E-state index is 0.183. The molecule has 0 saturated carbocycles. The van der Waals surface area contributed by atoms with Gasteiger partial charge in [0.2, 0.25) is 6.79 Å². The molecule has 0 atom stereocenters. The fourth-order valence-corrected chi connectivity index (χ4v) is 2.69. The number of para-hydroxylation sites is 1. The second-order valence-electron chi connectivity index (χ2n) is 4.64. The van der Waals surface area contributed by atoms with Gasteiger partial charge in [0.1, 0.15) is 11.3 Å². The Morgan fingerprint density at radius 1 is 1.19 bits per heavy atom. The third-order valence-electron chi connectivity index (χ3n) is 3.44. The fourth-order valence-electron chi connectivity index (χ4n) is 2.52. The highest BCUT2D eigenvalue weighted by Crippen LogP contribution is 2.35. The molecule has 0 spiro atoms. The Hall–Kier alpha value is -2.27. The molecule has 2 heterocycles. The molecule has 0 radical (unpaired) electrons. The van der Waals surface area contributed by atoms with E-state index < -0.39 is 0 Å². The van der Waals surface area contributed by atoms with Crippen molar-refractivity contribution in [3.05, 3.63) is 48.0 Å². The molecular weight excluding hydrogens is 295 g/mol. The van der Waals surface area contributed by atoms with Gasteiger partial charge in [-0.05, 0) is 24.3 Å². The molecule has 0 bridgehead atoms. The van der Waals surface area contributed by atoms with Crippen LogP contribution in [0.25, 0.3) is 16.7 Å². The Bertz CT molecular complexity index is 847. The number of halogens is 2. The average Bonchev–Trinajstić information content (AvgIpc) is 3.10. The summed E-state index contributed by atoms with van der Waals surface area (Å²) >= 11 is 5.96. The SMILES string of the molecule is Fc1cccc2c1nc(CCl)n2-c1ccc2c(c1)OCO2. The van der Waals surface area contributed by atoms with Gasteiger partial charge in [-0.1, -0.05) is 6.07 Å². The molecule has 4 rings (SSSR count). The lowest BCUT2D eigenvalue weighted by Crippen LogP contribution is -1.99. The third-order valence-corrected chi connectivity index (χ3v) is 3.68. The minimum Gasteiger partial charge on any atom is -0.454 e. The van der Waals surface area contributed by atoms with Gasteiger partial charge in [-0.15, -0.1) is 11.6 Å². The van der Waals surface area contributed by atoms with Gasteiger partial charge in [0.15, 0.2) is 17.3 Å². The molecule has 0 amide bonds. The molecule has 0 unspecified atom stereocenters. The van der Waals surface area contributed by atoms with Crippen LogP contribution < -0.4 is 9.47 Å². The van der Waals surface area contributed by atoms with Crippen LogP contribution in [0.15, 0.2) is 36.4 Å². The second kappa shape index (κ2) is 4.63. The number of imidazole rings is 1. The van der Waals surface area contributed by atoms with Crippen molar-refractivity contribution in [1.29, 1.82) is 0 Å². The maximum Gasteiger partial charge on any atom is 0.231 e. The van der Waals surface area contributed by atoms with Gasteiger partial charge in [0.05, 0.1) is 17.1 Å². The van der Waals surface area contributed by atoms with Crippen LogP contribution in [0.5, 0.6) is 11.5 Å². The van der Waals surface area contributed by atoms with Crippen LogP contribution in [0, 0.1) is 5.82 Å². The summed E-state index contributed by atoms with van der Waals surface area (Å²) in [7, 11) is 0. The van der Waals surface area contributed by atoms with Crippen LogP contribution in [0.4, 0.5) is 4.39 Å². The molecule has 1 aliphatic heterocycles. The number of benzene rings is 2. The third kappa shape index (κ3) is 1.85. The summed E-state index contributed by atoms with van der Waals surface area (Å²) in [4.78, 5) is 4.28. The molecule has 21 heavy (non-hydrogen) atoms. The molecule has 0 saturated heterocycles. The van der Waals surface area contributed by atoms with E-state index in [4.69, 9.17) is 21.1 Å². The van der Waals surface area contributed by atoms with E-state index in [1.165, 1.54) is 6.07 Å². The molecule has 106 valence electrons. The van der Waals surface area contributed by atoms with Crippen molar-refractivity contribution in [3.63, 3.8) is 0 Å². The molecule has 3 aromatic rings. The summed E-state index contributed by atoms with van der Waals surface area (Å²) in [5.74, 6) is 1.75. The van der Waals surface area contributed by atoms with Gasteiger partial charge in [-0.25, -0.2) is 9.37 Å². The highest BCUT2D eigenvalue weighted by Gasteiger charge is 2.18. The average molecular weight is 305 g/mol. The fraction of sp³-hybridized carbons (Fsp3) is 0.133. The summed E-state index contributed by atoms with van der Waals surface area (Å²) in [5.41, 5.74) is 1.79. The molecule has 1 aliphatic rings. The van der Waals surface area contributed by atoms with Crippen molar-refractivity contribution in [3.8, 4) is 17.2 Å². The number of alkyl halides is 1. The maximum absolute atomic E-state index is 13.9. The lowest BCUT2D eigenvalue weighted by atomic mass is 10.2. The smallest absolute Gasteiger partial charge is 0.231 e.